The largest absolute Gasteiger partial charge is 0.454 e. The number of H-pyrrole nitrogens is 1. The Morgan fingerprint density at radius 2 is 1.91 bits per heavy atom. The van der Waals surface area contributed by atoms with Crippen molar-refractivity contribution in [2.24, 2.45) is 0 Å². The molecule has 0 aliphatic carbocycles. The molecule has 4 rings (SSSR count). The zero-order chi connectivity index (χ0) is 22.7. The lowest BCUT2D eigenvalue weighted by atomic mass is 10.1. The Morgan fingerprint density at radius 3 is 2.62 bits per heavy atom. The normalized spacial score (nSPS) is 14.2. The first-order valence-electron chi connectivity index (χ1n) is 10.3. The zero-order valence-electron chi connectivity index (χ0n) is 17.2. The molecular formula is C22H21ClN4O5. The van der Waals surface area contributed by atoms with Crippen LogP contribution in [0.25, 0.3) is 10.9 Å². The third kappa shape index (κ3) is 4.72. The Balaban J connectivity index is 1.53. The molecule has 0 amide bonds. The van der Waals surface area contributed by atoms with Crippen LogP contribution in [-0.4, -0.2) is 34.0 Å². The third-order valence-corrected chi connectivity index (χ3v) is 5.65. The van der Waals surface area contributed by atoms with Crippen LogP contribution in [-0.2, 0) is 11.3 Å². The van der Waals surface area contributed by atoms with Gasteiger partial charge in [0.25, 0.3) is 11.2 Å². The molecule has 1 aliphatic rings. The molecule has 0 atom stereocenters. The summed E-state index contributed by atoms with van der Waals surface area (Å²) in [6, 6.07) is 9.04. The van der Waals surface area contributed by atoms with E-state index in [0.717, 1.165) is 38.8 Å². The number of fused-ring (bicyclic) bond motifs is 1. The number of carbonyl (C=O) groups excluding carboxylic acids is 1. The number of nitro groups is 1. The average Bonchev–Trinajstić information content (AvgIpc) is 3.06. The molecule has 3 aromatic rings. The first-order chi connectivity index (χ1) is 15.4. The van der Waals surface area contributed by atoms with E-state index in [1.807, 2.05) is 4.90 Å². The van der Waals surface area contributed by atoms with E-state index in [0.29, 0.717) is 21.6 Å². The van der Waals surface area contributed by atoms with Gasteiger partial charge in [0.05, 0.1) is 21.4 Å². The molecule has 1 aliphatic heterocycles. The summed E-state index contributed by atoms with van der Waals surface area (Å²) in [6.07, 6.45) is 4.16. The number of hydrogen-bond donors (Lipinski definition) is 1. The Hall–Kier alpha value is -3.46. The van der Waals surface area contributed by atoms with Crippen LogP contribution in [0.5, 0.6) is 0 Å². The Labute approximate surface area is 188 Å². The zero-order valence-corrected chi connectivity index (χ0v) is 17.9. The van der Waals surface area contributed by atoms with E-state index < -0.39 is 10.9 Å². The molecule has 1 N–H and O–H groups in total. The molecule has 0 radical (unpaired) electrons. The van der Waals surface area contributed by atoms with Gasteiger partial charge in [-0.25, -0.2) is 9.78 Å². The van der Waals surface area contributed by atoms with Gasteiger partial charge < -0.3 is 14.6 Å². The first kappa shape index (κ1) is 21.8. The number of aromatic nitrogens is 2. The van der Waals surface area contributed by atoms with Crippen LogP contribution >= 0.6 is 11.6 Å². The van der Waals surface area contributed by atoms with Gasteiger partial charge >= 0.3 is 5.97 Å². The van der Waals surface area contributed by atoms with Crippen molar-refractivity contribution in [2.45, 2.75) is 32.3 Å². The maximum Gasteiger partial charge on any atom is 0.338 e. The van der Waals surface area contributed by atoms with Gasteiger partial charge in [-0.15, -0.1) is 0 Å². The highest BCUT2D eigenvalue weighted by Gasteiger charge is 2.23. The molecule has 2 aromatic carbocycles. The fraction of sp³-hybridized carbons (Fsp3) is 0.318. The summed E-state index contributed by atoms with van der Waals surface area (Å²) >= 11 is 5.95. The quantitative estimate of drug-likeness (QED) is 0.346. The summed E-state index contributed by atoms with van der Waals surface area (Å²) in [4.78, 5) is 44.7. The predicted octanol–water partition coefficient (Wildman–Crippen LogP) is 4.22. The molecule has 0 bridgehead atoms. The lowest BCUT2D eigenvalue weighted by molar-refractivity contribution is -0.384. The summed E-state index contributed by atoms with van der Waals surface area (Å²) in [5.41, 5.74) is 0.431. The topological polar surface area (TPSA) is 118 Å². The number of nitrogens with zero attached hydrogens (tertiary/aromatic N) is 3. The number of ether oxygens (including phenoxy) is 1. The Morgan fingerprint density at radius 1 is 1.16 bits per heavy atom. The van der Waals surface area contributed by atoms with E-state index >= 15 is 0 Å². The molecule has 0 saturated carbocycles. The lowest BCUT2D eigenvalue weighted by Crippen LogP contribution is -2.25. The van der Waals surface area contributed by atoms with Crippen molar-refractivity contribution in [3.05, 3.63) is 73.3 Å². The first-order valence-corrected chi connectivity index (χ1v) is 10.7. The minimum absolute atomic E-state index is 0.0569. The van der Waals surface area contributed by atoms with Crippen LogP contribution in [0.2, 0.25) is 5.02 Å². The number of hydrogen-bond acceptors (Lipinski definition) is 7. The number of anilines is 1. The van der Waals surface area contributed by atoms with Crippen LogP contribution in [0.1, 0.15) is 41.9 Å². The van der Waals surface area contributed by atoms with Crippen molar-refractivity contribution >= 4 is 39.8 Å². The molecule has 166 valence electrons. The SMILES string of the molecule is O=C(OCc1nc2cc(Cl)ccc2c(=O)[nH]1)c1ccc(N2CCCCCC2)c([N+](=O)[O-])c1. The van der Waals surface area contributed by atoms with E-state index in [4.69, 9.17) is 16.3 Å². The Kier molecular flexibility index (Phi) is 6.36. The molecule has 10 heteroatoms. The van der Waals surface area contributed by atoms with Crippen LogP contribution in [0.15, 0.2) is 41.2 Å². The van der Waals surface area contributed by atoms with Gasteiger partial charge in [-0.05, 0) is 43.2 Å². The fourth-order valence-corrected chi connectivity index (χ4v) is 3.99. The monoisotopic (exact) mass is 456 g/mol. The molecule has 0 unspecified atom stereocenters. The average molecular weight is 457 g/mol. The van der Waals surface area contributed by atoms with E-state index in [9.17, 15) is 19.7 Å². The summed E-state index contributed by atoms with van der Waals surface area (Å²) in [6.45, 7) is 1.20. The molecule has 1 fully saturated rings. The second kappa shape index (κ2) is 9.35. The van der Waals surface area contributed by atoms with Crippen LogP contribution in [0.3, 0.4) is 0 Å². The van der Waals surface area contributed by atoms with Crippen LogP contribution in [0, 0.1) is 10.1 Å². The number of nitro benzene ring substituents is 1. The van der Waals surface area contributed by atoms with Gasteiger partial charge in [0, 0.05) is 24.2 Å². The standard InChI is InChI=1S/C22H21ClN4O5/c23-15-6-7-16-17(12-15)24-20(25-21(16)28)13-32-22(29)14-5-8-18(19(11-14)27(30)31)26-9-3-1-2-4-10-26/h5-8,11-12H,1-4,9-10,13H2,(H,24,25,28). The molecule has 32 heavy (non-hydrogen) atoms. The van der Waals surface area contributed by atoms with E-state index in [1.165, 1.54) is 12.1 Å². The second-order valence-electron chi connectivity index (χ2n) is 7.61. The number of halogens is 1. The predicted molar refractivity (Wildman–Crippen MR) is 120 cm³/mol. The van der Waals surface area contributed by atoms with Gasteiger partial charge in [0.1, 0.15) is 18.1 Å². The Bertz CT molecular complexity index is 1230. The van der Waals surface area contributed by atoms with Gasteiger partial charge in [-0.3, -0.25) is 14.9 Å². The lowest BCUT2D eigenvalue weighted by Gasteiger charge is -2.22. The van der Waals surface area contributed by atoms with E-state index in [-0.39, 0.29) is 29.2 Å². The molecular weight excluding hydrogens is 436 g/mol. The summed E-state index contributed by atoms with van der Waals surface area (Å²) in [5, 5.41) is 12.5. The number of nitrogens with one attached hydrogen (secondary N) is 1. The van der Waals surface area contributed by atoms with Crippen molar-refractivity contribution < 1.29 is 14.5 Å². The van der Waals surface area contributed by atoms with Crippen molar-refractivity contribution in [1.82, 2.24) is 9.97 Å². The minimum Gasteiger partial charge on any atom is -0.454 e. The molecule has 2 heterocycles. The minimum atomic E-state index is -0.746. The smallest absolute Gasteiger partial charge is 0.338 e. The van der Waals surface area contributed by atoms with Crippen LogP contribution in [0.4, 0.5) is 11.4 Å². The maximum absolute atomic E-state index is 12.5. The van der Waals surface area contributed by atoms with Crippen molar-refractivity contribution in [3.8, 4) is 0 Å². The molecule has 9 nitrogen and oxygen atoms in total. The summed E-state index contributed by atoms with van der Waals surface area (Å²) in [7, 11) is 0. The molecule has 1 saturated heterocycles. The third-order valence-electron chi connectivity index (χ3n) is 5.41. The van der Waals surface area contributed by atoms with Gasteiger partial charge in [-0.1, -0.05) is 24.4 Å². The summed E-state index contributed by atoms with van der Waals surface area (Å²) in [5.74, 6) is -0.599. The van der Waals surface area contributed by atoms with E-state index in [1.54, 1.807) is 24.3 Å². The second-order valence-corrected chi connectivity index (χ2v) is 8.05. The maximum atomic E-state index is 12.5. The number of rotatable bonds is 5. The summed E-state index contributed by atoms with van der Waals surface area (Å²) < 4.78 is 5.25. The molecule has 1 aromatic heterocycles. The number of carbonyl (C=O) groups is 1. The highest BCUT2D eigenvalue weighted by Crippen LogP contribution is 2.31. The number of aromatic amines is 1. The number of esters is 1. The van der Waals surface area contributed by atoms with Crippen molar-refractivity contribution in [1.29, 1.82) is 0 Å². The van der Waals surface area contributed by atoms with Crippen molar-refractivity contribution in [2.75, 3.05) is 18.0 Å². The van der Waals surface area contributed by atoms with Crippen molar-refractivity contribution in [3.63, 3.8) is 0 Å². The van der Waals surface area contributed by atoms with Gasteiger partial charge in [-0.2, -0.15) is 0 Å². The van der Waals surface area contributed by atoms with Gasteiger partial charge in [0.2, 0.25) is 0 Å². The van der Waals surface area contributed by atoms with E-state index in [2.05, 4.69) is 9.97 Å². The highest BCUT2D eigenvalue weighted by molar-refractivity contribution is 6.31. The van der Waals surface area contributed by atoms with Crippen LogP contribution < -0.4 is 10.5 Å². The molecule has 0 spiro atoms. The fourth-order valence-electron chi connectivity index (χ4n) is 3.82. The number of benzene rings is 2. The van der Waals surface area contributed by atoms with Gasteiger partial charge in [0.15, 0.2) is 0 Å². The highest BCUT2D eigenvalue weighted by atomic mass is 35.5.